The molecule has 0 unspecified atom stereocenters. The van der Waals surface area contributed by atoms with Gasteiger partial charge in [-0.15, -0.1) is 23.1 Å². The van der Waals surface area contributed by atoms with E-state index in [1.807, 2.05) is 18.4 Å². The van der Waals surface area contributed by atoms with Gasteiger partial charge < -0.3 is 5.73 Å². The van der Waals surface area contributed by atoms with Crippen LogP contribution in [0, 0.1) is 0 Å². The van der Waals surface area contributed by atoms with Crippen LogP contribution in [0.2, 0.25) is 0 Å². The van der Waals surface area contributed by atoms with Crippen molar-refractivity contribution in [1.29, 1.82) is 0 Å². The predicted molar refractivity (Wildman–Crippen MR) is 63.4 cm³/mol. The second-order valence-corrected chi connectivity index (χ2v) is 4.89. The number of rotatable bonds is 2. The summed E-state index contributed by atoms with van der Waals surface area (Å²) < 4.78 is 1.08. The summed E-state index contributed by atoms with van der Waals surface area (Å²) in [5.74, 6) is 0. The van der Waals surface area contributed by atoms with E-state index in [0.717, 1.165) is 31.8 Å². The Morgan fingerprint density at radius 1 is 1.43 bits per heavy atom. The van der Waals surface area contributed by atoms with Crippen molar-refractivity contribution in [2.75, 3.05) is 12.0 Å². The number of carbonyl (C=O) groups is 1. The Labute approximate surface area is 90.1 Å². The Morgan fingerprint density at radius 3 is 2.86 bits per heavy atom. The van der Waals surface area contributed by atoms with Crippen LogP contribution in [-0.2, 0) is 0 Å². The lowest BCUT2D eigenvalue weighted by Crippen LogP contribution is -1.81. The number of fused-ring (bicyclic) bond motifs is 1. The van der Waals surface area contributed by atoms with E-state index in [-0.39, 0.29) is 0 Å². The van der Waals surface area contributed by atoms with Gasteiger partial charge in [0, 0.05) is 20.5 Å². The third kappa shape index (κ3) is 1.51. The zero-order valence-corrected chi connectivity index (χ0v) is 9.24. The summed E-state index contributed by atoms with van der Waals surface area (Å²) >= 11 is 3.15. The number of thioether (sulfide) groups is 1. The summed E-state index contributed by atoms with van der Waals surface area (Å²) in [4.78, 5) is 12.0. The maximum absolute atomic E-state index is 10.9. The molecule has 0 saturated heterocycles. The highest BCUT2D eigenvalue weighted by molar-refractivity contribution is 7.98. The van der Waals surface area contributed by atoms with Crippen molar-refractivity contribution in [3.8, 4) is 0 Å². The summed E-state index contributed by atoms with van der Waals surface area (Å²) in [6, 6.07) is 5.81. The average Bonchev–Trinajstić information content (AvgIpc) is 2.56. The molecule has 1 heterocycles. The van der Waals surface area contributed by atoms with Gasteiger partial charge in [-0.05, 0) is 24.5 Å². The molecule has 0 saturated carbocycles. The molecule has 0 aliphatic rings. The van der Waals surface area contributed by atoms with Gasteiger partial charge in [-0.25, -0.2) is 0 Å². The van der Waals surface area contributed by atoms with E-state index in [1.165, 1.54) is 11.3 Å². The van der Waals surface area contributed by atoms with Gasteiger partial charge >= 0.3 is 0 Å². The first kappa shape index (κ1) is 9.55. The van der Waals surface area contributed by atoms with E-state index < -0.39 is 0 Å². The molecule has 2 rings (SSSR count). The molecular formula is C10H9NOS2. The second kappa shape index (κ2) is 3.63. The highest BCUT2D eigenvalue weighted by atomic mass is 32.2. The zero-order valence-electron chi connectivity index (χ0n) is 7.61. The fraction of sp³-hybridized carbons (Fsp3) is 0.100. The lowest BCUT2D eigenvalue weighted by Gasteiger charge is -1.98. The maximum Gasteiger partial charge on any atom is 0.150 e. The first-order valence-corrected chi connectivity index (χ1v) is 6.11. The van der Waals surface area contributed by atoms with Crippen LogP contribution < -0.4 is 5.73 Å². The van der Waals surface area contributed by atoms with Gasteiger partial charge in [0.25, 0.3) is 0 Å². The van der Waals surface area contributed by atoms with Gasteiger partial charge in [-0.2, -0.15) is 0 Å². The van der Waals surface area contributed by atoms with Crippen LogP contribution in [-0.4, -0.2) is 12.5 Å². The van der Waals surface area contributed by atoms with Gasteiger partial charge in [0.2, 0.25) is 0 Å². The number of benzene rings is 1. The van der Waals surface area contributed by atoms with Crippen molar-refractivity contribution in [1.82, 2.24) is 0 Å². The monoisotopic (exact) mass is 223 g/mol. The van der Waals surface area contributed by atoms with Gasteiger partial charge in [0.1, 0.15) is 0 Å². The zero-order chi connectivity index (χ0) is 10.1. The number of aldehydes is 1. The van der Waals surface area contributed by atoms with E-state index in [9.17, 15) is 4.79 Å². The smallest absolute Gasteiger partial charge is 0.150 e. The molecule has 0 bridgehead atoms. The van der Waals surface area contributed by atoms with Crippen molar-refractivity contribution in [2.24, 2.45) is 0 Å². The molecule has 1 aromatic carbocycles. The quantitative estimate of drug-likeness (QED) is 0.628. The van der Waals surface area contributed by atoms with Gasteiger partial charge in [-0.1, -0.05) is 0 Å². The van der Waals surface area contributed by atoms with E-state index in [1.54, 1.807) is 11.8 Å². The summed E-state index contributed by atoms with van der Waals surface area (Å²) in [6.07, 6.45) is 2.88. The summed E-state index contributed by atoms with van der Waals surface area (Å²) in [6.45, 7) is 0. The van der Waals surface area contributed by atoms with Crippen LogP contribution in [0.4, 0.5) is 5.00 Å². The van der Waals surface area contributed by atoms with E-state index in [4.69, 9.17) is 5.73 Å². The molecule has 1 aromatic heterocycles. The number of hydrogen-bond donors (Lipinski definition) is 1. The molecule has 0 aliphatic heterocycles. The van der Waals surface area contributed by atoms with Crippen molar-refractivity contribution >= 4 is 44.5 Å². The molecule has 14 heavy (non-hydrogen) atoms. The lowest BCUT2D eigenvalue weighted by atomic mass is 10.1. The van der Waals surface area contributed by atoms with Crippen LogP contribution in [0.3, 0.4) is 0 Å². The van der Waals surface area contributed by atoms with Crippen molar-refractivity contribution in [3.05, 3.63) is 23.8 Å². The van der Waals surface area contributed by atoms with Crippen LogP contribution in [0.1, 0.15) is 10.4 Å². The van der Waals surface area contributed by atoms with Crippen molar-refractivity contribution < 1.29 is 4.79 Å². The molecule has 2 nitrogen and oxygen atoms in total. The van der Waals surface area contributed by atoms with Crippen LogP contribution >= 0.6 is 23.1 Å². The number of hydrogen-bond acceptors (Lipinski definition) is 4. The Hall–Kier alpha value is -1.00. The molecule has 72 valence electrons. The van der Waals surface area contributed by atoms with Crippen LogP contribution in [0.5, 0.6) is 0 Å². The fourth-order valence-electron chi connectivity index (χ4n) is 1.37. The minimum atomic E-state index is 0.722. The predicted octanol–water partition coefficient (Wildman–Crippen LogP) is 3.02. The van der Waals surface area contributed by atoms with E-state index >= 15 is 0 Å². The molecule has 0 atom stereocenters. The van der Waals surface area contributed by atoms with Gasteiger partial charge in [0.15, 0.2) is 6.29 Å². The van der Waals surface area contributed by atoms with E-state index in [2.05, 4.69) is 6.07 Å². The van der Waals surface area contributed by atoms with E-state index in [0.29, 0.717) is 0 Å². The highest BCUT2D eigenvalue weighted by Crippen LogP contribution is 2.32. The molecule has 2 N–H and O–H groups in total. The minimum absolute atomic E-state index is 0.722. The van der Waals surface area contributed by atoms with Crippen molar-refractivity contribution in [3.63, 3.8) is 0 Å². The SMILES string of the molecule is CSc1cc(C=O)c2cc(N)sc2c1. The lowest BCUT2D eigenvalue weighted by molar-refractivity contribution is 0.112. The van der Waals surface area contributed by atoms with Crippen LogP contribution in [0.25, 0.3) is 10.1 Å². The number of nitrogens with two attached hydrogens (primary N) is 1. The molecule has 0 aliphatic carbocycles. The molecule has 0 spiro atoms. The fourth-order valence-corrected chi connectivity index (χ4v) is 2.83. The van der Waals surface area contributed by atoms with Gasteiger partial charge in [0.05, 0.1) is 5.00 Å². The topological polar surface area (TPSA) is 43.1 Å². The third-order valence-electron chi connectivity index (χ3n) is 2.02. The second-order valence-electron chi connectivity index (χ2n) is 2.90. The number of thiophene rings is 1. The number of nitrogen functional groups attached to an aromatic ring is 1. The summed E-state index contributed by atoms with van der Waals surface area (Å²) in [5.41, 5.74) is 6.42. The van der Waals surface area contributed by atoms with Gasteiger partial charge in [-0.3, -0.25) is 4.79 Å². The summed E-state index contributed by atoms with van der Waals surface area (Å²) in [7, 11) is 0. The Balaban J connectivity index is 2.78. The Morgan fingerprint density at radius 2 is 2.21 bits per heavy atom. The molecular weight excluding hydrogens is 214 g/mol. The molecule has 0 radical (unpaired) electrons. The number of anilines is 1. The minimum Gasteiger partial charge on any atom is -0.391 e. The largest absolute Gasteiger partial charge is 0.391 e. The standard InChI is InChI=1S/C10H9NOS2/c1-13-7-2-6(5-12)8-4-10(11)14-9(8)3-7/h2-5H,11H2,1H3. The molecule has 0 fully saturated rings. The Kier molecular flexibility index (Phi) is 2.48. The molecule has 4 heteroatoms. The van der Waals surface area contributed by atoms with Crippen LogP contribution in [0.15, 0.2) is 23.1 Å². The normalized spacial score (nSPS) is 10.6. The Bertz CT molecular complexity index is 490. The number of carbonyl (C=O) groups excluding carboxylic acids is 1. The highest BCUT2D eigenvalue weighted by Gasteiger charge is 2.06. The average molecular weight is 223 g/mol. The molecule has 0 amide bonds. The van der Waals surface area contributed by atoms with Crippen molar-refractivity contribution in [2.45, 2.75) is 4.90 Å². The molecule has 2 aromatic rings. The first-order chi connectivity index (χ1) is 6.74. The first-order valence-electron chi connectivity index (χ1n) is 4.07. The third-order valence-corrected chi connectivity index (χ3v) is 3.64. The summed E-state index contributed by atoms with van der Waals surface area (Å²) in [5, 5.41) is 1.71. The maximum atomic E-state index is 10.9.